The maximum atomic E-state index is 12.5. The van der Waals surface area contributed by atoms with Crippen LogP contribution in [0.15, 0.2) is 48.5 Å². The first kappa shape index (κ1) is 23.3. The summed E-state index contributed by atoms with van der Waals surface area (Å²) >= 11 is 0. The summed E-state index contributed by atoms with van der Waals surface area (Å²) in [7, 11) is 1.25. The fourth-order valence-corrected chi connectivity index (χ4v) is 3.88. The van der Waals surface area contributed by atoms with E-state index in [4.69, 9.17) is 14.6 Å². The number of fused-ring (bicyclic) bond motifs is 3. The number of carboxylic acids is 1. The number of carboxylic acid groups (broad SMARTS) is 1. The Morgan fingerprint density at radius 3 is 2.06 bits per heavy atom. The Kier molecular flexibility index (Phi) is 7.48. The average molecular weight is 440 g/mol. The van der Waals surface area contributed by atoms with Gasteiger partial charge in [-0.2, -0.15) is 0 Å². The summed E-state index contributed by atoms with van der Waals surface area (Å²) in [5.41, 5.74) is 4.45. The maximum absolute atomic E-state index is 12.5. The van der Waals surface area contributed by atoms with Gasteiger partial charge < -0.3 is 25.2 Å². The first-order valence-corrected chi connectivity index (χ1v) is 10.5. The summed E-state index contributed by atoms with van der Waals surface area (Å²) in [6.07, 6.45) is -1.87. The van der Waals surface area contributed by atoms with Gasteiger partial charge in [0.2, 0.25) is 5.91 Å². The third-order valence-electron chi connectivity index (χ3n) is 5.59. The number of aliphatic carboxylic acids is 1. The molecule has 0 aliphatic heterocycles. The van der Waals surface area contributed by atoms with Crippen molar-refractivity contribution < 1.29 is 29.0 Å². The van der Waals surface area contributed by atoms with E-state index in [1.807, 2.05) is 36.4 Å². The maximum Gasteiger partial charge on any atom is 0.407 e. The molecule has 0 aromatic heterocycles. The van der Waals surface area contributed by atoms with Gasteiger partial charge in [0.1, 0.15) is 12.6 Å². The van der Waals surface area contributed by atoms with Crippen molar-refractivity contribution in [3.63, 3.8) is 0 Å². The molecule has 0 spiro atoms. The van der Waals surface area contributed by atoms with Gasteiger partial charge in [0.25, 0.3) is 0 Å². The van der Waals surface area contributed by atoms with Crippen molar-refractivity contribution in [3.8, 4) is 11.1 Å². The predicted molar refractivity (Wildman–Crippen MR) is 118 cm³/mol. The number of benzene rings is 2. The third kappa shape index (κ3) is 5.08. The van der Waals surface area contributed by atoms with Crippen molar-refractivity contribution in [1.82, 2.24) is 10.6 Å². The molecular formula is C24H28N2O6. The summed E-state index contributed by atoms with van der Waals surface area (Å²) in [5.74, 6) is -2.01. The number of hydrogen-bond donors (Lipinski definition) is 3. The number of methoxy groups -OCH3 is 1. The molecule has 8 heteroatoms. The standard InChI is InChI=1S/C24H28N2O6/c1-14(2)21(22(27)25-12-20(31-3)23(28)29)26-24(30)32-13-19-17-10-6-4-8-15(17)16-9-5-7-11-18(16)19/h4-11,14,19-21H,12-13H2,1-3H3,(H,25,27)(H,26,30)(H,28,29)/t20?,21-/m1/s1. The van der Waals surface area contributed by atoms with Crippen molar-refractivity contribution in [1.29, 1.82) is 0 Å². The Balaban J connectivity index is 1.62. The van der Waals surface area contributed by atoms with Gasteiger partial charge >= 0.3 is 12.1 Å². The number of nitrogens with one attached hydrogen (secondary N) is 2. The van der Waals surface area contributed by atoms with E-state index in [1.54, 1.807) is 13.8 Å². The molecule has 2 atom stereocenters. The highest BCUT2D eigenvalue weighted by Crippen LogP contribution is 2.44. The van der Waals surface area contributed by atoms with Gasteiger partial charge in [-0.15, -0.1) is 0 Å². The SMILES string of the molecule is COC(CNC(=O)[C@H](NC(=O)OCC1c2ccccc2-c2ccccc21)C(C)C)C(=O)O. The highest BCUT2D eigenvalue weighted by Gasteiger charge is 2.30. The van der Waals surface area contributed by atoms with Crippen LogP contribution in [0.25, 0.3) is 11.1 Å². The molecule has 2 aromatic carbocycles. The minimum Gasteiger partial charge on any atom is -0.479 e. The summed E-state index contributed by atoms with van der Waals surface area (Å²) in [6, 6.07) is 15.2. The largest absolute Gasteiger partial charge is 0.479 e. The molecule has 0 heterocycles. The third-order valence-corrected chi connectivity index (χ3v) is 5.59. The van der Waals surface area contributed by atoms with E-state index in [0.717, 1.165) is 22.3 Å². The first-order valence-electron chi connectivity index (χ1n) is 10.5. The van der Waals surface area contributed by atoms with Gasteiger partial charge in [-0.05, 0) is 28.2 Å². The molecule has 2 aromatic rings. The molecule has 0 saturated heterocycles. The van der Waals surface area contributed by atoms with E-state index in [0.29, 0.717) is 0 Å². The Bertz CT molecular complexity index is 944. The number of ether oxygens (including phenoxy) is 2. The molecule has 0 fully saturated rings. The molecule has 0 bridgehead atoms. The molecule has 32 heavy (non-hydrogen) atoms. The zero-order valence-corrected chi connectivity index (χ0v) is 18.3. The quantitative estimate of drug-likeness (QED) is 0.553. The number of alkyl carbamates (subject to hydrolysis) is 1. The molecule has 170 valence electrons. The van der Waals surface area contributed by atoms with Crippen LogP contribution in [0.2, 0.25) is 0 Å². The predicted octanol–water partition coefficient (Wildman–Crippen LogP) is 2.77. The fraction of sp³-hybridized carbons (Fsp3) is 0.375. The van der Waals surface area contributed by atoms with Gasteiger partial charge in [-0.1, -0.05) is 62.4 Å². The number of rotatable bonds is 9. The molecule has 1 aliphatic rings. The lowest BCUT2D eigenvalue weighted by molar-refractivity contribution is -0.148. The second-order valence-corrected chi connectivity index (χ2v) is 8.00. The van der Waals surface area contributed by atoms with Gasteiger partial charge in [-0.3, -0.25) is 4.79 Å². The van der Waals surface area contributed by atoms with Crippen LogP contribution in [0.5, 0.6) is 0 Å². The Morgan fingerprint density at radius 2 is 1.56 bits per heavy atom. The molecule has 2 amide bonds. The summed E-state index contributed by atoms with van der Waals surface area (Å²) in [4.78, 5) is 36.1. The van der Waals surface area contributed by atoms with E-state index in [2.05, 4.69) is 22.8 Å². The number of hydrogen-bond acceptors (Lipinski definition) is 5. The van der Waals surface area contributed by atoms with Crippen molar-refractivity contribution >= 4 is 18.0 Å². The summed E-state index contributed by atoms with van der Waals surface area (Å²) < 4.78 is 10.3. The van der Waals surface area contributed by atoms with E-state index < -0.39 is 30.1 Å². The molecule has 0 saturated carbocycles. The number of amides is 2. The van der Waals surface area contributed by atoms with Gasteiger partial charge in [0.05, 0.1) is 6.54 Å². The molecule has 8 nitrogen and oxygen atoms in total. The molecule has 3 rings (SSSR count). The van der Waals surface area contributed by atoms with Crippen molar-refractivity contribution in [2.24, 2.45) is 5.92 Å². The zero-order valence-electron chi connectivity index (χ0n) is 18.3. The minimum absolute atomic E-state index is 0.0856. The van der Waals surface area contributed by atoms with E-state index in [1.165, 1.54) is 7.11 Å². The van der Waals surface area contributed by atoms with E-state index >= 15 is 0 Å². The average Bonchev–Trinajstić information content (AvgIpc) is 3.09. The van der Waals surface area contributed by atoms with Crippen LogP contribution in [-0.2, 0) is 19.1 Å². The molecule has 3 N–H and O–H groups in total. The Labute approximate surface area is 186 Å². The normalized spacial score (nSPS) is 14.2. The van der Waals surface area contributed by atoms with Crippen LogP contribution in [0.3, 0.4) is 0 Å². The molecule has 1 aliphatic carbocycles. The lowest BCUT2D eigenvalue weighted by Gasteiger charge is -2.23. The highest BCUT2D eigenvalue weighted by atomic mass is 16.5. The Morgan fingerprint density at radius 1 is 1.00 bits per heavy atom. The van der Waals surface area contributed by atoms with Crippen LogP contribution in [0.4, 0.5) is 4.79 Å². The zero-order chi connectivity index (χ0) is 23.3. The van der Waals surface area contributed by atoms with E-state index in [-0.39, 0.29) is 25.0 Å². The summed E-state index contributed by atoms with van der Waals surface area (Å²) in [6.45, 7) is 3.48. The molecule has 1 unspecified atom stereocenters. The van der Waals surface area contributed by atoms with Crippen molar-refractivity contribution in [3.05, 3.63) is 59.7 Å². The molecular weight excluding hydrogens is 412 g/mol. The van der Waals surface area contributed by atoms with Crippen LogP contribution >= 0.6 is 0 Å². The topological polar surface area (TPSA) is 114 Å². The van der Waals surface area contributed by atoms with Gasteiger partial charge in [-0.25, -0.2) is 9.59 Å². The van der Waals surface area contributed by atoms with Gasteiger partial charge in [0.15, 0.2) is 6.10 Å². The first-order chi connectivity index (χ1) is 15.3. The molecule has 0 radical (unpaired) electrons. The number of carbonyl (C=O) groups excluding carboxylic acids is 2. The Hall–Kier alpha value is -3.39. The lowest BCUT2D eigenvalue weighted by Crippen LogP contribution is -2.52. The minimum atomic E-state index is -1.18. The van der Waals surface area contributed by atoms with Crippen molar-refractivity contribution in [2.75, 3.05) is 20.3 Å². The monoisotopic (exact) mass is 440 g/mol. The fourth-order valence-electron chi connectivity index (χ4n) is 3.88. The van der Waals surface area contributed by atoms with Crippen LogP contribution in [-0.4, -0.2) is 55.5 Å². The van der Waals surface area contributed by atoms with Crippen LogP contribution in [0, 0.1) is 5.92 Å². The van der Waals surface area contributed by atoms with Crippen LogP contribution < -0.4 is 10.6 Å². The second kappa shape index (κ2) is 10.3. The van der Waals surface area contributed by atoms with E-state index in [9.17, 15) is 14.4 Å². The highest BCUT2D eigenvalue weighted by molar-refractivity contribution is 5.86. The number of carbonyl (C=O) groups is 3. The second-order valence-electron chi connectivity index (χ2n) is 8.00. The summed E-state index contributed by atoms with van der Waals surface area (Å²) in [5, 5.41) is 14.1. The van der Waals surface area contributed by atoms with Crippen molar-refractivity contribution in [2.45, 2.75) is 31.9 Å². The van der Waals surface area contributed by atoms with Gasteiger partial charge in [0, 0.05) is 13.0 Å². The van der Waals surface area contributed by atoms with Crippen LogP contribution in [0.1, 0.15) is 30.9 Å². The lowest BCUT2D eigenvalue weighted by atomic mass is 9.98. The smallest absolute Gasteiger partial charge is 0.407 e.